The van der Waals surface area contributed by atoms with E-state index >= 15 is 0 Å². The molecule has 0 aliphatic carbocycles. The second-order valence-electron chi connectivity index (χ2n) is 2.57. The molecule has 1 N–H and O–H groups in total. The Bertz CT molecular complexity index is 167. The summed E-state index contributed by atoms with van der Waals surface area (Å²) in [6, 6.07) is 4.64. The Morgan fingerprint density at radius 3 is 2.50 bits per heavy atom. The summed E-state index contributed by atoms with van der Waals surface area (Å²) >= 11 is 0. The van der Waals surface area contributed by atoms with E-state index < -0.39 is 0 Å². The molecule has 2 heteroatoms. The highest BCUT2D eigenvalue weighted by Gasteiger charge is 1.95. The maximum absolute atomic E-state index is 3.18. The largest absolute Gasteiger partial charge is 0.353 e. The van der Waals surface area contributed by atoms with E-state index in [1.54, 1.807) is 0 Å². The van der Waals surface area contributed by atoms with E-state index in [9.17, 15) is 0 Å². The molecular weight excluding hydrogens is 124 g/mol. The van der Waals surface area contributed by atoms with Crippen molar-refractivity contribution in [3.05, 3.63) is 24.5 Å². The fraction of sp³-hybridized carbons (Fsp3) is 0.500. The molecule has 0 fully saturated rings. The van der Waals surface area contributed by atoms with Crippen LogP contribution in [0.3, 0.4) is 0 Å². The lowest BCUT2D eigenvalue weighted by atomic mass is 10.3. The summed E-state index contributed by atoms with van der Waals surface area (Å²) in [4.78, 5) is 0. The first-order chi connectivity index (χ1) is 4.83. The Balaban J connectivity index is 2.40. The average Bonchev–Trinajstić information content (AvgIpc) is 2.40. The zero-order valence-corrected chi connectivity index (χ0v) is 6.54. The molecule has 0 spiro atoms. The summed E-state index contributed by atoms with van der Waals surface area (Å²) in [6.07, 6.45) is 4.15. The van der Waals surface area contributed by atoms with Crippen molar-refractivity contribution in [3.63, 3.8) is 0 Å². The lowest BCUT2D eigenvalue weighted by Crippen LogP contribution is -2.25. The number of nitrogens with zero attached hydrogens (tertiary/aromatic N) is 1. The van der Waals surface area contributed by atoms with Crippen LogP contribution in [-0.4, -0.2) is 17.7 Å². The molecule has 0 amide bonds. The molecule has 1 rings (SSSR count). The third kappa shape index (κ3) is 1.88. The number of aromatic nitrogens is 1. The Hall–Kier alpha value is -0.760. The van der Waals surface area contributed by atoms with Crippen molar-refractivity contribution in [3.8, 4) is 0 Å². The maximum Gasteiger partial charge on any atom is 0.0370 e. The zero-order valence-electron chi connectivity index (χ0n) is 6.54. The minimum Gasteiger partial charge on any atom is -0.353 e. The average molecular weight is 138 g/mol. The third-order valence-corrected chi connectivity index (χ3v) is 1.64. The molecule has 0 bridgehead atoms. The first kappa shape index (κ1) is 7.35. The topological polar surface area (TPSA) is 17.0 Å². The van der Waals surface area contributed by atoms with Gasteiger partial charge >= 0.3 is 0 Å². The van der Waals surface area contributed by atoms with E-state index in [-0.39, 0.29) is 0 Å². The molecule has 0 aromatic carbocycles. The van der Waals surface area contributed by atoms with Crippen LogP contribution in [0.2, 0.25) is 0 Å². The second kappa shape index (κ2) is 3.42. The summed E-state index contributed by atoms with van der Waals surface area (Å²) in [5.41, 5.74) is 0. The first-order valence-corrected chi connectivity index (χ1v) is 3.61. The monoisotopic (exact) mass is 138 g/mol. The van der Waals surface area contributed by atoms with Crippen LogP contribution in [0.4, 0.5) is 0 Å². The van der Waals surface area contributed by atoms with E-state index in [0.29, 0.717) is 6.04 Å². The molecule has 0 saturated carbocycles. The SMILES string of the molecule is CNC(C)Cn1cccc1. The Morgan fingerprint density at radius 2 is 2.00 bits per heavy atom. The number of hydrogen-bond acceptors (Lipinski definition) is 1. The van der Waals surface area contributed by atoms with Gasteiger partial charge in [-0.3, -0.25) is 0 Å². The highest BCUT2D eigenvalue weighted by atomic mass is 15.0. The molecule has 1 unspecified atom stereocenters. The van der Waals surface area contributed by atoms with Crippen LogP contribution in [0.1, 0.15) is 6.92 Å². The van der Waals surface area contributed by atoms with Gasteiger partial charge in [-0.1, -0.05) is 0 Å². The van der Waals surface area contributed by atoms with Crippen LogP contribution < -0.4 is 5.32 Å². The van der Waals surface area contributed by atoms with Gasteiger partial charge in [0.15, 0.2) is 0 Å². The van der Waals surface area contributed by atoms with Gasteiger partial charge < -0.3 is 9.88 Å². The van der Waals surface area contributed by atoms with E-state index in [1.165, 1.54) is 0 Å². The van der Waals surface area contributed by atoms with Crippen molar-refractivity contribution < 1.29 is 0 Å². The van der Waals surface area contributed by atoms with Crippen LogP contribution >= 0.6 is 0 Å². The lowest BCUT2D eigenvalue weighted by molar-refractivity contribution is 0.516. The molecule has 1 atom stereocenters. The minimum absolute atomic E-state index is 0.549. The van der Waals surface area contributed by atoms with Crippen molar-refractivity contribution in [2.24, 2.45) is 0 Å². The third-order valence-electron chi connectivity index (χ3n) is 1.64. The van der Waals surface area contributed by atoms with Gasteiger partial charge in [-0.05, 0) is 26.1 Å². The van der Waals surface area contributed by atoms with Gasteiger partial charge in [-0.2, -0.15) is 0 Å². The molecular formula is C8H14N2. The van der Waals surface area contributed by atoms with Gasteiger partial charge in [0.2, 0.25) is 0 Å². The van der Waals surface area contributed by atoms with E-state index in [1.807, 2.05) is 19.2 Å². The van der Waals surface area contributed by atoms with Crippen LogP contribution in [0.25, 0.3) is 0 Å². The maximum atomic E-state index is 3.18. The van der Waals surface area contributed by atoms with Crippen molar-refractivity contribution >= 4 is 0 Å². The van der Waals surface area contributed by atoms with Crippen LogP contribution in [0.5, 0.6) is 0 Å². The summed E-state index contributed by atoms with van der Waals surface area (Å²) in [5, 5.41) is 3.18. The molecule has 2 nitrogen and oxygen atoms in total. The van der Waals surface area contributed by atoms with E-state index in [2.05, 4.69) is 29.2 Å². The summed E-state index contributed by atoms with van der Waals surface area (Å²) in [7, 11) is 1.98. The molecule has 0 saturated heterocycles. The minimum atomic E-state index is 0.549. The molecule has 0 aliphatic heterocycles. The molecule has 10 heavy (non-hydrogen) atoms. The normalized spacial score (nSPS) is 13.4. The Morgan fingerprint density at radius 1 is 1.40 bits per heavy atom. The number of nitrogens with one attached hydrogen (secondary N) is 1. The van der Waals surface area contributed by atoms with E-state index in [0.717, 1.165) is 6.54 Å². The van der Waals surface area contributed by atoms with Gasteiger partial charge in [-0.25, -0.2) is 0 Å². The standard InChI is InChI=1S/C8H14N2/c1-8(9-2)7-10-5-3-4-6-10/h3-6,8-9H,7H2,1-2H3. The number of rotatable bonds is 3. The van der Waals surface area contributed by atoms with Crippen molar-refractivity contribution in [1.82, 2.24) is 9.88 Å². The fourth-order valence-corrected chi connectivity index (χ4v) is 0.899. The predicted molar refractivity (Wildman–Crippen MR) is 43.0 cm³/mol. The van der Waals surface area contributed by atoms with Crippen molar-refractivity contribution in [1.29, 1.82) is 0 Å². The summed E-state index contributed by atoms with van der Waals surface area (Å²) < 4.78 is 2.17. The highest BCUT2D eigenvalue weighted by molar-refractivity contribution is 4.90. The first-order valence-electron chi connectivity index (χ1n) is 3.61. The fourth-order valence-electron chi connectivity index (χ4n) is 0.899. The quantitative estimate of drug-likeness (QED) is 0.661. The van der Waals surface area contributed by atoms with Gasteiger partial charge in [0.25, 0.3) is 0 Å². The molecule has 0 aliphatic rings. The lowest BCUT2D eigenvalue weighted by Gasteiger charge is -2.10. The summed E-state index contributed by atoms with van der Waals surface area (Å²) in [5.74, 6) is 0. The molecule has 1 heterocycles. The molecule has 1 aromatic rings. The Kier molecular flexibility index (Phi) is 2.51. The number of likely N-dealkylation sites (N-methyl/N-ethyl adjacent to an activating group) is 1. The summed E-state index contributed by atoms with van der Waals surface area (Å²) in [6.45, 7) is 3.21. The van der Waals surface area contributed by atoms with Gasteiger partial charge in [0.1, 0.15) is 0 Å². The van der Waals surface area contributed by atoms with E-state index in [4.69, 9.17) is 0 Å². The molecule has 0 radical (unpaired) electrons. The van der Waals surface area contributed by atoms with Gasteiger partial charge in [0, 0.05) is 25.0 Å². The second-order valence-corrected chi connectivity index (χ2v) is 2.57. The van der Waals surface area contributed by atoms with Crippen molar-refractivity contribution in [2.45, 2.75) is 19.5 Å². The van der Waals surface area contributed by atoms with Gasteiger partial charge in [0.05, 0.1) is 0 Å². The number of hydrogen-bond donors (Lipinski definition) is 1. The predicted octanol–water partition coefficient (Wildman–Crippen LogP) is 1.10. The zero-order chi connectivity index (χ0) is 7.40. The van der Waals surface area contributed by atoms with Gasteiger partial charge in [-0.15, -0.1) is 0 Å². The Labute approximate surface area is 61.9 Å². The molecule has 1 aromatic heterocycles. The van der Waals surface area contributed by atoms with Crippen LogP contribution in [0.15, 0.2) is 24.5 Å². The van der Waals surface area contributed by atoms with Crippen molar-refractivity contribution in [2.75, 3.05) is 7.05 Å². The molecule has 56 valence electrons. The van der Waals surface area contributed by atoms with Crippen LogP contribution in [-0.2, 0) is 6.54 Å². The highest BCUT2D eigenvalue weighted by Crippen LogP contribution is 1.92. The smallest absolute Gasteiger partial charge is 0.0370 e. The van der Waals surface area contributed by atoms with Crippen LogP contribution in [0, 0.1) is 0 Å².